The van der Waals surface area contributed by atoms with E-state index in [2.05, 4.69) is 10.3 Å². The van der Waals surface area contributed by atoms with Crippen molar-refractivity contribution < 1.29 is 18.0 Å². The summed E-state index contributed by atoms with van der Waals surface area (Å²) < 4.78 is 25.1. The van der Waals surface area contributed by atoms with Crippen LogP contribution >= 0.6 is 11.3 Å². The molecule has 0 bridgehead atoms. The third-order valence-corrected chi connectivity index (χ3v) is 6.43. The minimum absolute atomic E-state index is 0.105. The van der Waals surface area contributed by atoms with E-state index in [0.717, 1.165) is 27.9 Å². The zero-order chi connectivity index (χ0) is 22.0. The number of carbonyl (C=O) groups is 1. The van der Waals surface area contributed by atoms with Crippen LogP contribution in [0.5, 0.6) is 0 Å². The standard InChI is InChI=1S/C21H17N3O5S2/c1-31(27,28)15-9-10-17-18(12-15)30-21(22-17)23-19(25)16-8-5-11-24(20(16)26)29-13-14-6-3-2-4-7-14/h2-12H,13H2,1H3,(H,22,23,25). The highest BCUT2D eigenvalue weighted by atomic mass is 32.2. The summed E-state index contributed by atoms with van der Waals surface area (Å²) >= 11 is 1.12. The molecule has 158 valence electrons. The van der Waals surface area contributed by atoms with Crippen molar-refractivity contribution >= 4 is 42.4 Å². The fourth-order valence-electron chi connectivity index (χ4n) is 2.82. The minimum Gasteiger partial charge on any atom is -0.406 e. The molecule has 2 heterocycles. The lowest BCUT2D eigenvalue weighted by molar-refractivity contribution is 0.0863. The molecular formula is C21H17N3O5S2. The van der Waals surface area contributed by atoms with Crippen molar-refractivity contribution in [1.29, 1.82) is 0 Å². The molecule has 4 rings (SSSR count). The number of rotatable bonds is 6. The first kappa shape index (κ1) is 20.8. The van der Waals surface area contributed by atoms with E-state index in [1.807, 2.05) is 30.3 Å². The molecule has 0 radical (unpaired) electrons. The van der Waals surface area contributed by atoms with Crippen molar-refractivity contribution in [3.63, 3.8) is 0 Å². The first-order valence-electron chi connectivity index (χ1n) is 9.12. The van der Waals surface area contributed by atoms with Crippen LogP contribution in [0.3, 0.4) is 0 Å². The van der Waals surface area contributed by atoms with Crippen LogP contribution in [0.1, 0.15) is 15.9 Å². The van der Waals surface area contributed by atoms with Crippen LogP contribution in [-0.2, 0) is 16.4 Å². The number of hydrogen-bond donors (Lipinski definition) is 1. The van der Waals surface area contributed by atoms with Gasteiger partial charge in [0.1, 0.15) is 12.2 Å². The van der Waals surface area contributed by atoms with E-state index in [4.69, 9.17) is 4.84 Å². The Kier molecular flexibility index (Phi) is 5.57. The van der Waals surface area contributed by atoms with Crippen LogP contribution in [0.25, 0.3) is 10.2 Å². The maximum absolute atomic E-state index is 12.7. The highest BCUT2D eigenvalue weighted by Gasteiger charge is 2.16. The van der Waals surface area contributed by atoms with Gasteiger partial charge in [0.05, 0.1) is 15.1 Å². The zero-order valence-corrected chi connectivity index (χ0v) is 17.9. The fourth-order valence-corrected chi connectivity index (χ4v) is 4.44. The van der Waals surface area contributed by atoms with E-state index in [-0.39, 0.29) is 22.2 Å². The maximum Gasteiger partial charge on any atom is 0.295 e. The van der Waals surface area contributed by atoms with Crippen molar-refractivity contribution in [3.8, 4) is 0 Å². The number of benzene rings is 2. The molecular weight excluding hydrogens is 438 g/mol. The number of hydrogen-bond acceptors (Lipinski definition) is 7. The van der Waals surface area contributed by atoms with E-state index in [1.54, 1.807) is 6.07 Å². The Hall–Kier alpha value is -3.50. The summed E-state index contributed by atoms with van der Waals surface area (Å²) in [5.41, 5.74) is 0.722. The van der Waals surface area contributed by atoms with Crippen LogP contribution in [0.15, 0.2) is 76.6 Å². The summed E-state index contributed by atoms with van der Waals surface area (Å²) in [4.78, 5) is 35.3. The maximum atomic E-state index is 12.7. The average molecular weight is 456 g/mol. The predicted octanol–water partition coefficient (Wildman–Crippen LogP) is 2.74. The summed E-state index contributed by atoms with van der Waals surface area (Å²) in [5.74, 6) is -0.634. The molecule has 0 aliphatic carbocycles. The van der Waals surface area contributed by atoms with Gasteiger partial charge in [0.15, 0.2) is 15.0 Å². The van der Waals surface area contributed by atoms with E-state index in [0.29, 0.717) is 10.2 Å². The summed E-state index contributed by atoms with van der Waals surface area (Å²) in [6, 6.07) is 16.8. The number of thiazole rings is 1. The highest BCUT2D eigenvalue weighted by Crippen LogP contribution is 2.28. The number of anilines is 1. The van der Waals surface area contributed by atoms with Crippen LogP contribution in [-0.4, -0.2) is 30.3 Å². The number of sulfone groups is 1. The number of aromatic nitrogens is 2. The largest absolute Gasteiger partial charge is 0.406 e. The summed E-state index contributed by atoms with van der Waals surface area (Å²) in [6.07, 6.45) is 2.56. The van der Waals surface area contributed by atoms with Crippen molar-refractivity contribution in [3.05, 3.63) is 88.3 Å². The van der Waals surface area contributed by atoms with Crippen molar-refractivity contribution in [2.75, 3.05) is 11.6 Å². The van der Waals surface area contributed by atoms with Crippen molar-refractivity contribution in [2.24, 2.45) is 0 Å². The molecule has 0 fully saturated rings. The van der Waals surface area contributed by atoms with Gasteiger partial charge in [0, 0.05) is 12.5 Å². The number of nitrogens with one attached hydrogen (secondary N) is 1. The number of carbonyl (C=O) groups excluding carboxylic acids is 1. The second kappa shape index (κ2) is 8.32. The Morgan fingerprint density at radius 3 is 2.65 bits per heavy atom. The van der Waals surface area contributed by atoms with E-state index < -0.39 is 21.3 Å². The molecule has 1 N–H and O–H groups in total. The van der Waals surface area contributed by atoms with Gasteiger partial charge in [0.25, 0.3) is 11.5 Å². The lowest BCUT2D eigenvalue weighted by Crippen LogP contribution is -2.32. The molecule has 0 saturated carbocycles. The molecule has 10 heteroatoms. The molecule has 0 aliphatic rings. The van der Waals surface area contributed by atoms with Gasteiger partial charge in [-0.1, -0.05) is 41.7 Å². The van der Waals surface area contributed by atoms with Crippen LogP contribution in [0.2, 0.25) is 0 Å². The average Bonchev–Trinajstić information content (AvgIpc) is 3.14. The first-order valence-corrected chi connectivity index (χ1v) is 11.8. The Labute approximate surface area is 181 Å². The highest BCUT2D eigenvalue weighted by molar-refractivity contribution is 7.90. The molecule has 0 unspecified atom stereocenters. The smallest absolute Gasteiger partial charge is 0.295 e. The Morgan fingerprint density at radius 2 is 1.90 bits per heavy atom. The van der Waals surface area contributed by atoms with Gasteiger partial charge in [0.2, 0.25) is 0 Å². The molecule has 0 aliphatic heterocycles. The van der Waals surface area contributed by atoms with E-state index >= 15 is 0 Å². The van der Waals surface area contributed by atoms with Gasteiger partial charge in [-0.3, -0.25) is 14.9 Å². The number of amides is 1. The van der Waals surface area contributed by atoms with Crippen molar-refractivity contribution in [1.82, 2.24) is 9.71 Å². The molecule has 2 aromatic heterocycles. The van der Waals surface area contributed by atoms with Crippen LogP contribution in [0, 0.1) is 0 Å². The molecule has 0 saturated heterocycles. The Morgan fingerprint density at radius 1 is 1.13 bits per heavy atom. The third-order valence-electron chi connectivity index (χ3n) is 4.38. The first-order chi connectivity index (χ1) is 14.8. The molecule has 0 atom stereocenters. The molecule has 2 aromatic carbocycles. The predicted molar refractivity (Wildman–Crippen MR) is 118 cm³/mol. The van der Waals surface area contributed by atoms with E-state index in [9.17, 15) is 18.0 Å². The molecule has 1 amide bonds. The fraction of sp³-hybridized carbons (Fsp3) is 0.0952. The second-order valence-electron chi connectivity index (χ2n) is 6.69. The lowest BCUT2D eigenvalue weighted by Gasteiger charge is -2.09. The second-order valence-corrected chi connectivity index (χ2v) is 9.73. The van der Waals surface area contributed by atoms with Crippen LogP contribution in [0.4, 0.5) is 5.13 Å². The van der Waals surface area contributed by atoms with Gasteiger partial charge >= 0.3 is 0 Å². The van der Waals surface area contributed by atoms with Gasteiger partial charge in [-0.2, -0.15) is 4.73 Å². The minimum atomic E-state index is -3.35. The number of nitrogens with zero attached hydrogens (tertiary/aromatic N) is 2. The number of fused-ring (bicyclic) bond motifs is 1. The zero-order valence-electron chi connectivity index (χ0n) is 16.3. The Balaban J connectivity index is 1.54. The Bertz CT molecular complexity index is 1430. The van der Waals surface area contributed by atoms with Gasteiger partial charge < -0.3 is 4.84 Å². The lowest BCUT2D eigenvalue weighted by atomic mass is 10.2. The summed E-state index contributed by atoms with van der Waals surface area (Å²) in [6.45, 7) is 0.173. The summed E-state index contributed by atoms with van der Waals surface area (Å²) in [7, 11) is -3.35. The third kappa shape index (κ3) is 4.65. The monoisotopic (exact) mass is 455 g/mol. The molecule has 0 spiro atoms. The van der Waals surface area contributed by atoms with Gasteiger partial charge in [-0.05, 0) is 35.9 Å². The summed E-state index contributed by atoms with van der Waals surface area (Å²) in [5, 5.41) is 2.85. The van der Waals surface area contributed by atoms with Gasteiger partial charge in [-0.15, -0.1) is 0 Å². The molecule has 8 nitrogen and oxygen atoms in total. The van der Waals surface area contributed by atoms with Crippen molar-refractivity contribution in [2.45, 2.75) is 11.5 Å². The van der Waals surface area contributed by atoms with Crippen LogP contribution < -0.4 is 15.7 Å². The molecule has 4 aromatic rings. The number of pyridine rings is 1. The molecule has 31 heavy (non-hydrogen) atoms. The quantitative estimate of drug-likeness (QED) is 0.479. The normalized spacial score (nSPS) is 11.4. The van der Waals surface area contributed by atoms with E-state index in [1.165, 1.54) is 30.5 Å². The van der Waals surface area contributed by atoms with Gasteiger partial charge in [-0.25, -0.2) is 13.4 Å². The SMILES string of the molecule is CS(=O)(=O)c1ccc2nc(NC(=O)c3cccn(OCc4ccccc4)c3=O)sc2c1. The topological polar surface area (TPSA) is 107 Å².